The fraction of sp³-hybridized carbons (Fsp3) is 0.733. The first kappa shape index (κ1) is 16.5. The lowest BCUT2D eigenvalue weighted by molar-refractivity contribution is 0.00315. The van der Waals surface area contributed by atoms with E-state index in [2.05, 4.69) is 22.4 Å². The van der Waals surface area contributed by atoms with Gasteiger partial charge in [0.15, 0.2) is 5.82 Å². The second-order valence-corrected chi connectivity index (χ2v) is 6.53. The van der Waals surface area contributed by atoms with Crippen molar-refractivity contribution in [3.63, 3.8) is 0 Å². The molecule has 1 aromatic rings. The first-order valence-corrected chi connectivity index (χ1v) is 8.36. The van der Waals surface area contributed by atoms with E-state index in [0.29, 0.717) is 26.2 Å². The summed E-state index contributed by atoms with van der Waals surface area (Å²) in [4.78, 5) is 27.4. The molecule has 9 heteroatoms. The standard InChI is InChI=1S/C15H24N6O3/c1-3-6-21-11-17-18-12(21)8-16-13(22)20-7-4-5-15(10-20)9-19(2)14(23)24-15/h11H,3-10H2,1-2H3,(H,16,22)/t15-/m0/s1. The predicted molar refractivity (Wildman–Crippen MR) is 85.2 cm³/mol. The largest absolute Gasteiger partial charge is 0.439 e. The Kier molecular flexibility index (Phi) is 4.59. The van der Waals surface area contributed by atoms with Gasteiger partial charge in [0.05, 0.1) is 19.6 Å². The van der Waals surface area contributed by atoms with Gasteiger partial charge in [-0.1, -0.05) is 6.92 Å². The molecule has 2 aliphatic heterocycles. The Bertz CT molecular complexity index is 618. The van der Waals surface area contributed by atoms with E-state index in [9.17, 15) is 9.59 Å². The molecule has 3 amide bonds. The summed E-state index contributed by atoms with van der Waals surface area (Å²) >= 11 is 0. The molecule has 1 N–H and O–H groups in total. The smallest absolute Gasteiger partial charge is 0.410 e. The molecule has 3 rings (SSSR count). The Labute approximate surface area is 140 Å². The summed E-state index contributed by atoms with van der Waals surface area (Å²) in [6.45, 7) is 4.86. The Hall–Kier alpha value is -2.32. The molecular formula is C15H24N6O3. The van der Waals surface area contributed by atoms with Crippen molar-refractivity contribution in [1.82, 2.24) is 29.9 Å². The quantitative estimate of drug-likeness (QED) is 0.878. The van der Waals surface area contributed by atoms with Gasteiger partial charge in [-0.05, 0) is 19.3 Å². The van der Waals surface area contributed by atoms with Crippen molar-refractivity contribution in [2.24, 2.45) is 0 Å². The van der Waals surface area contributed by atoms with Crippen LogP contribution in [0.25, 0.3) is 0 Å². The first-order chi connectivity index (χ1) is 11.5. The van der Waals surface area contributed by atoms with Crippen molar-refractivity contribution in [1.29, 1.82) is 0 Å². The van der Waals surface area contributed by atoms with Crippen LogP contribution in [-0.4, -0.2) is 69.0 Å². The third-order valence-corrected chi connectivity index (χ3v) is 4.53. The number of hydrogen-bond acceptors (Lipinski definition) is 5. The van der Waals surface area contributed by atoms with E-state index in [1.54, 1.807) is 23.2 Å². The number of carbonyl (C=O) groups excluding carboxylic acids is 2. The summed E-state index contributed by atoms with van der Waals surface area (Å²) in [7, 11) is 1.72. The number of nitrogens with one attached hydrogen (secondary N) is 1. The fourth-order valence-electron chi connectivity index (χ4n) is 3.39. The topological polar surface area (TPSA) is 92.6 Å². The van der Waals surface area contributed by atoms with Crippen molar-refractivity contribution >= 4 is 12.1 Å². The van der Waals surface area contributed by atoms with Gasteiger partial charge in [0.25, 0.3) is 0 Å². The van der Waals surface area contributed by atoms with Gasteiger partial charge in [-0.25, -0.2) is 9.59 Å². The minimum atomic E-state index is -0.566. The maximum atomic E-state index is 12.5. The maximum Gasteiger partial charge on any atom is 0.410 e. The Morgan fingerprint density at radius 3 is 3.00 bits per heavy atom. The number of carbonyl (C=O) groups is 2. The van der Waals surface area contributed by atoms with Gasteiger partial charge in [0.2, 0.25) is 0 Å². The van der Waals surface area contributed by atoms with Crippen molar-refractivity contribution in [3.05, 3.63) is 12.2 Å². The molecule has 0 aliphatic carbocycles. The third-order valence-electron chi connectivity index (χ3n) is 4.53. The number of urea groups is 1. The van der Waals surface area contributed by atoms with Crippen LogP contribution >= 0.6 is 0 Å². The highest BCUT2D eigenvalue weighted by Crippen LogP contribution is 2.31. The lowest BCUT2D eigenvalue weighted by Gasteiger charge is -2.38. The van der Waals surface area contributed by atoms with E-state index >= 15 is 0 Å². The van der Waals surface area contributed by atoms with Crippen molar-refractivity contribution in [3.8, 4) is 0 Å². The van der Waals surface area contributed by atoms with Crippen LogP contribution in [0.1, 0.15) is 32.0 Å². The minimum absolute atomic E-state index is 0.161. The fourth-order valence-corrected chi connectivity index (χ4v) is 3.39. The molecule has 132 valence electrons. The lowest BCUT2D eigenvalue weighted by Crippen LogP contribution is -2.54. The van der Waals surface area contributed by atoms with Gasteiger partial charge in [0.1, 0.15) is 11.9 Å². The Morgan fingerprint density at radius 2 is 2.29 bits per heavy atom. The van der Waals surface area contributed by atoms with Crippen LogP contribution in [0.5, 0.6) is 0 Å². The lowest BCUT2D eigenvalue weighted by atomic mass is 9.93. The number of aryl methyl sites for hydroxylation is 1. The average molecular weight is 336 g/mol. The normalized spacial score (nSPS) is 23.7. The van der Waals surface area contributed by atoms with Gasteiger partial charge in [-0.3, -0.25) is 0 Å². The number of piperidine rings is 1. The maximum absolute atomic E-state index is 12.5. The summed E-state index contributed by atoms with van der Waals surface area (Å²) < 4.78 is 7.46. The van der Waals surface area contributed by atoms with E-state index in [-0.39, 0.29) is 12.1 Å². The van der Waals surface area contributed by atoms with E-state index in [0.717, 1.165) is 31.6 Å². The Morgan fingerprint density at radius 1 is 1.46 bits per heavy atom. The van der Waals surface area contributed by atoms with Gasteiger partial charge >= 0.3 is 12.1 Å². The molecule has 1 aromatic heterocycles. The highest BCUT2D eigenvalue weighted by atomic mass is 16.6. The SMILES string of the molecule is CCCn1cnnc1CNC(=O)N1CCC[C@]2(CN(C)C(=O)O2)C1. The number of hydrogen-bond donors (Lipinski definition) is 1. The van der Waals surface area contributed by atoms with Crippen molar-refractivity contribution in [2.75, 3.05) is 26.7 Å². The second kappa shape index (κ2) is 6.66. The van der Waals surface area contributed by atoms with Crippen molar-refractivity contribution in [2.45, 2.75) is 44.9 Å². The zero-order valence-corrected chi connectivity index (χ0v) is 14.2. The third kappa shape index (κ3) is 3.29. The molecule has 0 unspecified atom stereocenters. The van der Waals surface area contributed by atoms with Crippen LogP contribution in [0.4, 0.5) is 9.59 Å². The number of amides is 3. The van der Waals surface area contributed by atoms with Gasteiger partial charge in [-0.15, -0.1) is 10.2 Å². The van der Waals surface area contributed by atoms with E-state index < -0.39 is 5.60 Å². The van der Waals surface area contributed by atoms with Gasteiger partial charge in [0, 0.05) is 20.1 Å². The molecule has 0 bridgehead atoms. The molecule has 0 radical (unpaired) electrons. The Balaban J connectivity index is 1.57. The average Bonchev–Trinajstić information content (AvgIpc) is 3.10. The molecule has 2 fully saturated rings. The number of rotatable bonds is 4. The molecule has 1 spiro atoms. The van der Waals surface area contributed by atoms with Crippen LogP contribution in [0.3, 0.4) is 0 Å². The van der Waals surface area contributed by atoms with Crippen LogP contribution in [0.15, 0.2) is 6.33 Å². The summed E-state index contributed by atoms with van der Waals surface area (Å²) in [6, 6.07) is -0.161. The molecule has 0 saturated carbocycles. The number of likely N-dealkylation sites (tertiary alicyclic amines) is 1. The molecule has 2 saturated heterocycles. The number of likely N-dealkylation sites (N-methyl/N-ethyl adjacent to an activating group) is 1. The number of aromatic nitrogens is 3. The van der Waals surface area contributed by atoms with E-state index in [4.69, 9.17) is 4.74 Å². The zero-order chi connectivity index (χ0) is 17.2. The summed E-state index contributed by atoms with van der Waals surface area (Å²) in [5.74, 6) is 0.740. The van der Waals surface area contributed by atoms with E-state index in [1.165, 1.54) is 0 Å². The monoisotopic (exact) mass is 336 g/mol. The molecule has 9 nitrogen and oxygen atoms in total. The highest BCUT2D eigenvalue weighted by molar-refractivity contribution is 5.75. The van der Waals surface area contributed by atoms with Crippen LogP contribution in [-0.2, 0) is 17.8 Å². The molecule has 2 aliphatic rings. The number of ether oxygens (including phenoxy) is 1. The van der Waals surface area contributed by atoms with Crippen LogP contribution in [0.2, 0.25) is 0 Å². The van der Waals surface area contributed by atoms with Gasteiger partial charge < -0.3 is 24.4 Å². The first-order valence-electron chi connectivity index (χ1n) is 8.36. The zero-order valence-electron chi connectivity index (χ0n) is 14.2. The van der Waals surface area contributed by atoms with Crippen molar-refractivity contribution < 1.29 is 14.3 Å². The molecular weight excluding hydrogens is 312 g/mol. The molecule has 0 aromatic carbocycles. The predicted octanol–water partition coefficient (Wildman–Crippen LogP) is 0.814. The summed E-state index contributed by atoms with van der Waals surface area (Å²) in [6.07, 6.45) is 3.95. The number of nitrogens with zero attached hydrogens (tertiary/aromatic N) is 5. The van der Waals surface area contributed by atoms with Gasteiger partial charge in [-0.2, -0.15) is 0 Å². The summed E-state index contributed by atoms with van der Waals surface area (Å²) in [5, 5.41) is 10.8. The minimum Gasteiger partial charge on any atom is -0.439 e. The highest BCUT2D eigenvalue weighted by Gasteiger charge is 2.47. The molecule has 3 heterocycles. The van der Waals surface area contributed by atoms with Crippen LogP contribution in [0, 0.1) is 0 Å². The molecule has 24 heavy (non-hydrogen) atoms. The van der Waals surface area contributed by atoms with Crippen LogP contribution < -0.4 is 5.32 Å². The van der Waals surface area contributed by atoms with E-state index in [1.807, 2.05) is 4.57 Å². The second-order valence-electron chi connectivity index (χ2n) is 6.53. The molecule has 1 atom stereocenters. The summed E-state index contributed by atoms with van der Waals surface area (Å²) in [5.41, 5.74) is -0.566.